The summed E-state index contributed by atoms with van der Waals surface area (Å²) in [5.74, 6) is 1.00. The van der Waals surface area contributed by atoms with Gasteiger partial charge in [-0.25, -0.2) is 4.98 Å². The largest absolute Gasteiger partial charge is 0.512 e. The van der Waals surface area contributed by atoms with Gasteiger partial charge in [0.05, 0.1) is 5.52 Å². The number of thioether (sulfide) groups is 2. The first kappa shape index (κ1) is 43.4. The van der Waals surface area contributed by atoms with Crippen LogP contribution >= 0.6 is 34.9 Å². The summed E-state index contributed by atoms with van der Waals surface area (Å²) in [6.07, 6.45) is 8.87. The maximum Gasteiger partial charge on any atom is 0.164 e. The number of aliphatic hydroxyl groups is 1. The average molecular weight is 922 g/mol. The summed E-state index contributed by atoms with van der Waals surface area (Å²) in [5.41, 5.74) is 5.31. The predicted octanol–water partition coefficient (Wildman–Crippen LogP) is 13.6. The number of allylic oxidation sites excluding steroid dienone is 2. The molecule has 2 aromatic heterocycles. The molecule has 0 fully saturated rings. The Morgan fingerprint density at radius 1 is 1.06 bits per heavy atom. The first-order valence-corrected chi connectivity index (χ1v) is 20.8. The number of benzene rings is 2. The van der Waals surface area contributed by atoms with Gasteiger partial charge in [0.15, 0.2) is 5.78 Å². The molecule has 2 aromatic carbocycles. The summed E-state index contributed by atoms with van der Waals surface area (Å²) < 4.78 is 2.48. The quantitative estimate of drug-likeness (QED) is 0.0661. The number of nitrogens with zero attached hydrogens (tertiary/aromatic N) is 2. The van der Waals surface area contributed by atoms with E-state index in [1.165, 1.54) is 48.2 Å². The molecule has 4 nitrogen and oxygen atoms in total. The van der Waals surface area contributed by atoms with E-state index in [2.05, 4.69) is 71.5 Å². The van der Waals surface area contributed by atoms with Crippen LogP contribution in [0.25, 0.3) is 31.6 Å². The molecule has 0 bridgehead atoms. The van der Waals surface area contributed by atoms with Crippen molar-refractivity contribution in [3.63, 3.8) is 0 Å². The Morgan fingerprint density at radius 3 is 2.27 bits per heavy atom. The van der Waals surface area contributed by atoms with Crippen LogP contribution in [-0.4, -0.2) is 26.1 Å². The number of hydrogen-bond donors (Lipinski definition) is 1. The number of aliphatic hydroxyl groups excluding tert-OH is 1. The van der Waals surface area contributed by atoms with E-state index < -0.39 is 0 Å². The van der Waals surface area contributed by atoms with Gasteiger partial charge in [0.1, 0.15) is 12.1 Å². The summed E-state index contributed by atoms with van der Waals surface area (Å²) in [7, 11) is 0. The van der Waals surface area contributed by atoms with Gasteiger partial charge in [-0.2, -0.15) is 11.8 Å². The van der Waals surface area contributed by atoms with Crippen molar-refractivity contribution in [2.45, 2.75) is 135 Å². The Labute approximate surface area is 333 Å². The van der Waals surface area contributed by atoms with Crippen LogP contribution in [0.3, 0.4) is 0 Å². The van der Waals surface area contributed by atoms with Crippen LogP contribution in [0.1, 0.15) is 119 Å². The molecule has 3 heterocycles. The van der Waals surface area contributed by atoms with Gasteiger partial charge in [-0.05, 0) is 73.0 Å². The van der Waals surface area contributed by atoms with Gasteiger partial charge < -0.3 is 5.11 Å². The zero-order chi connectivity index (χ0) is 37.0. The van der Waals surface area contributed by atoms with Gasteiger partial charge >= 0.3 is 0 Å². The molecule has 0 spiro atoms. The molecule has 1 aliphatic heterocycles. The molecular weight excluding hydrogens is 865 g/mol. The van der Waals surface area contributed by atoms with Gasteiger partial charge in [-0.3, -0.25) is 9.78 Å². The first-order valence-electron chi connectivity index (χ1n) is 18.2. The maximum atomic E-state index is 12.2. The molecule has 0 amide bonds. The predicted molar refractivity (Wildman–Crippen MR) is 220 cm³/mol. The van der Waals surface area contributed by atoms with E-state index in [1.807, 2.05) is 70.0 Å². The van der Waals surface area contributed by atoms with Crippen molar-refractivity contribution in [1.82, 2.24) is 9.97 Å². The molecule has 51 heavy (non-hydrogen) atoms. The van der Waals surface area contributed by atoms with Gasteiger partial charge in [0, 0.05) is 67.6 Å². The van der Waals surface area contributed by atoms with Gasteiger partial charge in [-0.15, -0.1) is 52.4 Å². The Hall–Kier alpha value is -1.96. The topological polar surface area (TPSA) is 63.1 Å². The third-order valence-corrected chi connectivity index (χ3v) is 14.0. The molecule has 0 saturated heterocycles. The molecule has 5 rings (SSSR count). The summed E-state index contributed by atoms with van der Waals surface area (Å²) in [4.78, 5) is 24.4. The second-order valence-electron chi connectivity index (χ2n) is 15.6. The number of carbonyl (C=O) groups excluding carboxylic acids is 1. The first-order chi connectivity index (χ1) is 23.5. The summed E-state index contributed by atoms with van der Waals surface area (Å²) in [5, 5.41) is 14.0. The molecule has 0 saturated carbocycles. The van der Waals surface area contributed by atoms with Crippen LogP contribution < -0.4 is 0 Å². The van der Waals surface area contributed by atoms with Crippen molar-refractivity contribution in [2.75, 3.05) is 0 Å². The van der Waals surface area contributed by atoms with Crippen molar-refractivity contribution in [3.8, 4) is 11.3 Å². The van der Waals surface area contributed by atoms with Gasteiger partial charge in [0.25, 0.3) is 0 Å². The molecule has 1 N–H and O–H groups in total. The van der Waals surface area contributed by atoms with Crippen molar-refractivity contribution in [2.24, 2.45) is 16.7 Å². The molecule has 4 aromatic rings. The van der Waals surface area contributed by atoms with Crippen LogP contribution in [0.4, 0.5) is 0 Å². The van der Waals surface area contributed by atoms with Gasteiger partial charge in [-0.1, -0.05) is 87.6 Å². The fourth-order valence-electron chi connectivity index (χ4n) is 6.39. The molecule has 279 valence electrons. The van der Waals surface area contributed by atoms with Crippen LogP contribution in [-0.2, 0) is 36.7 Å². The third-order valence-electron chi connectivity index (χ3n) is 10.7. The van der Waals surface area contributed by atoms with E-state index in [0.717, 1.165) is 54.8 Å². The van der Waals surface area contributed by atoms with E-state index in [-0.39, 0.29) is 47.9 Å². The standard InChI is InChI=1S/C28H29N2S3.C15H28O2.Ir/c1-7-31-22-9-8-17(13-20(22)28(4,5)6)25-27-26(30-15-29-25)24-19-14-18(12-16(2)3)32-21(19)10-11-23(24)33-27;1-7-14(5,8-2)12(16)11-13(17)15(6,9-3)10-4;/h7,9-11,13,15-16,18H,1,12,14H2,2-6H3;11,16H,7-10H2,1-6H3;/q-1;;/b;12-11-;. The second kappa shape index (κ2) is 17.9. The Morgan fingerprint density at radius 2 is 1.71 bits per heavy atom. The number of rotatable bonds is 12. The van der Waals surface area contributed by atoms with Crippen molar-refractivity contribution < 1.29 is 30.0 Å². The van der Waals surface area contributed by atoms with E-state index in [4.69, 9.17) is 9.97 Å². The molecule has 1 atom stereocenters. The molecule has 8 heteroatoms. The van der Waals surface area contributed by atoms with Crippen molar-refractivity contribution in [1.29, 1.82) is 0 Å². The average Bonchev–Trinajstić information content (AvgIpc) is 3.67. The molecule has 1 unspecified atom stereocenters. The van der Waals surface area contributed by atoms with E-state index in [0.29, 0.717) is 5.25 Å². The van der Waals surface area contributed by atoms with Crippen LogP contribution in [0.15, 0.2) is 64.2 Å². The number of fused-ring (bicyclic) bond motifs is 5. The smallest absolute Gasteiger partial charge is 0.164 e. The summed E-state index contributed by atoms with van der Waals surface area (Å²) >= 11 is 5.52. The normalized spacial score (nSPS) is 15.1. The van der Waals surface area contributed by atoms with Crippen LogP contribution in [0.2, 0.25) is 0 Å². The minimum Gasteiger partial charge on any atom is -0.512 e. The molecule has 1 aliphatic rings. The number of aromatic nitrogens is 2. The molecule has 1 radical (unpaired) electrons. The van der Waals surface area contributed by atoms with Crippen molar-refractivity contribution in [3.05, 3.63) is 71.6 Å². The van der Waals surface area contributed by atoms with Crippen LogP contribution in [0, 0.1) is 22.8 Å². The van der Waals surface area contributed by atoms with E-state index in [9.17, 15) is 9.90 Å². The van der Waals surface area contributed by atoms with E-state index >= 15 is 0 Å². The summed E-state index contributed by atoms with van der Waals surface area (Å²) in [6, 6.07) is 12.5. The monoisotopic (exact) mass is 922 g/mol. The minimum absolute atomic E-state index is 0. The van der Waals surface area contributed by atoms with Gasteiger partial charge in [0.2, 0.25) is 0 Å². The zero-order valence-electron chi connectivity index (χ0n) is 32.5. The van der Waals surface area contributed by atoms with Crippen molar-refractivity contribution >= 4 is 60.9 Å². The number of thiophene rings is 1. The number of carbonyl (C=O) groups is 1. The van der Waals surface area contributed by atoms with Crippen LogP contribution in [0.5, 0.6) is 0 Å². The fraction of sp³-hybridized carbons (Fsp3) is 0.512. The SMILES string of the molecule is C=CSc1c[c-]c(-c2ncnc3c2sc2ccc4c(c23)CC(CC(C)C)S4)cc1C(C)(C)C.CCC(C)(CC)C(=O)/C=C(\O)C(C)(CC)CC.[Ir]. The third kappa shape index (κ3) is 9.59. The van der Waals surface area contributed by atoms with E-state index in [1.54, 1.807) is 18.1 Å². The fourth-order valence-corrected chi connectivity index (χ4v) is 9.94. The Balaban J connectivity index is 0.000000335. The summed E-state index contributed by atoms with van der Waals surface area (Å²) in [6.45, 7) is 27.4. The zero-order valence-corrected chi connectivity index (χ0v) is 37.3. The Kier molecular flexibility index (Phi) is 15.3. The Bertz CT molecular complexity index is 1860. The maximum absolute atomic E-state index is 12.2. The number of ketones is 1. The number of hydrogen-bond acceptors (Lipinski definition) is 7. The second-order valence-corrected chi connectivity index (χ2v) is 19.0. The minimum atomic E-state index is -0.337. The molecular formula is C43H57IrN2O2S3-. The molecule has 0 aliphatic carbocycles.